The van der Waals surface area contributed by atoms with Crippen LogP contribution in [-0.2, 0) is 35.1 Å². The highest BCUT2D eigenvalue weighted by atomic mass is 32.2. The summed E-state index contributed by atoms with van der Waals surface area (Å²) in [4.78, 5) is 10.0. The van der Waals surface area contributed by atoms with Crippen molar-refractivity contribution >= 4 is 59.7 Å². The first-order chi connectivity index (χ1) is 15.2. The molecule has 11 nitrogen and oxygen atoms in total. The van der Waals surface area contributed by atoms with Gasteiger partial charge in [0.05, 0.1) is 5.25 Å². The third-order valence-electron chi connectivity index (χ3n) is 4.57. The molecule has 1 amide bonds. The number of carbonyl (C=O) groups is 1. The second kappa shape index (κ2) is 8.87. The van der Waals surface area contributed by atoms with E-state index in [1.807, 2.05) is 0 Å². The number of amides is 1. The van der Waals surface area contributed by atoms with Crippen LogP contribution in [-0.4, -0.2) is 45.5 Å². The highest BCUT2D eigenvalue weighted by Crippen LogP contribution is 2.31. The molecule has 0 saturated heterocycles. The Morgan fingerprint density at radius 1 is 0.848 bits per heavy atom. The van der Waals surface area contributed by atoms with Gasteiger partial charge in [0.2, 0.25) is 15.9 Å². The van der Waals surface area contributed by atoms with Gasteiger partial charge in [0, 0.05) is 18.3 Å². The summed E-state index contributed by atoms with van der Waals surface area (Å²) < 4.78 is 92.9. The fraction of sp³-hybridized carbons (Fsp3) is 0.211. The monoisotopic (exact) mass is 516 g/mol. The predicted molar refractivity (Wildman–Crippen MR) is 121 cm³/mol. The summed E-state index contributed by atoms with van der Waals surface area (Å²) in [5, 5.41) is 1.83. The highest BCUT2D eigenvalue weighted by molar-refractivity contribution is 7.93. The molecule has 0 unspecified atom stereocenters. The molecule has 2 aromatic rings. The first-order valence-corrected chi connectivity index (χ1v) is 13.8. The lowest BCUT2D eigenvalue weighted by Crippen LogP contribution is -2.17. The van der Waals surface area contributed by atoms with Crippen molar-refractivity contribution in [3.05, 3.63) is 47.5 Å². The zero-order valence-electron chi connectivity index (χ0n) is 17.1. The normalized spacial score (nSPS) is 14.9. The van der Waals surface area contributed by atoms with Crippen LogP contribution in [0.1, 0.15) is 30.9 Å². The van der Waals surface area contributed by atoms with Crippen molar-refractivity contribution in [1.29, 1.82) is 0 Å². The molecular weight excluding hydrogens is 496 g/mol. The van der Waals surface area contributed by atoms with E-state index in [4.69, 9.17) is 0 Å². The number of benzene rings is 2. The van der Waals surface area contributed by atoms with Crippen molar-refractivity contribution < 1.29 is 39.2 Å². The Bertz CT molecular complexity index is 1460. The van der Waals surface area contributed by atoms with Crippen molar-refractivity contribution in [1.82, 2.24) is 0 Å². The van der Waals surface area contributed by atoms with Gasteiger partial charge in [0.1, 0.15) is 9.79 Å². The Hall–Kier alpha value is -2.78. The summed E-state index contributed by atoms with van der Waals surface area (Å²) in [6.07, 6.45) is 3.35. The molecule has 178 valence electrons. The van der Waals surface area contributed by atoms with Crippen LogP contribution in [0.2, 0.25) is 0 Å². The van der Waals surface area contributed by atoms with Crippen LogP contribution in [0.4, 0.5) is 11.4 Å². The SMILES string of the molecule is CC(=O)Nc1ccc(C=Cc2ccc(NS(=O)(=O)C3CC3)cc2S(=O)(=O)O)c(S(=O)(=O)O)c1. The smallest absolute Gasteiger partial charge is 0.295 e. The van der Waals surface area contributed by atoms with Gasteiger partial charge in [-0.3, -0.25) is 18.6 Å². The van der Waals surface area contributed by atoms with Crippen LogP contribution in [0, 0.1) is 0 Å². The molecule has 0 atom stereocenters. The third kappa shape index (κ3) is 6.39. The maximum atomic E-state index is 12.1. The molecule has 2 aromatic carbocycles. The molecule has 14 heteroatoms. The first-order valence-electron chi connectivity index (χ1n) is 9.37. The standard InChI is InChI=1S/C19H20N2O9S3/c1-12(22)20-15-6-4-13(18(10-15)32(25,26)27)2-3-14-5-7-16(11-19(14)33(28,29)30)21-31(23,24)17-8-9-17/h2-7,10-11,17,21H,8-9H2,1H3,(H,20,22)(H,25,26,27)(H,28,29,30). The van der Waals surface area contributed by atoms with Crippen LogP contribution < -0.4 is 10.0 Å². The van der Waals surface area contributed by atoms with Gasteiger partial charge in [-0.15, -0.1) is 0 Å². The third-order valence-corrected chi connectivity index (χ3v) is 8.26. The second-order valence-corrected chi connectivity index (χ2v) is 12.1. The molecule has 0 aromatic heterocycles. The molecule has 0 heterocycles. The lowest BCUT2D eigenvalue weighted by atomic mass is 10.1. The van der Waals surface area contributed by atoms with Gasteiger partial charge < -0.3 is 5.32 Å². The van der Waals surface area contributed by atoms with E-state index >= 15 is 0 Å². The Balaban J connectivity index is 2.02. The van der Waals surface area contributed by atoms with E-state index in [1.54, 1.807) is 0 Å². The molecule has 0 spiro atoms. The van der Waals surface area contributed by atoms with E-state index in [1.165, 1.54) is 43.3 Å². The number of carbonyl (C=O) groups excluding carboxylic acids is 1. The number of sulfonamides is 1. The summed E-state index contributed by atoms with van der Waals surface area (Å²) in [6.45, 7) is 1.21. The van der Waals surface area contributed by atoms with Crippen molar-refractivity contribution in [2.75, 3.05) is 10.0 Å². The van der Waals surface area contributed by atoms with Gasteiger partial charge in [-0.25, -0.2) is 8.42 Å². The van der Waals surface area contributed by atoms with Crippen LogP contribution in [0.15, 0.2) is 46.2 Å². The number of anilines is 2. The van der Waals surface area contributed by atoms with Crippen LogP contribution in [0.25, 0.3) is 12.2 Å². The Morgan fingerprint density at radius 3 is 1.73 bits per heavy atom. The van der Waals surface area contributed by atoms with Crippen LogP contribution >= 0.6 is 0 Å². The molecule has 33 heavy (non-hydrogen) atoms. The lowest BCUT2D eigenvalue weighted by Gasteiger charge is -2.10. The van der Waals surface area contributed by atoms with Gasteiger partial charge in [0.25, 0.3) is 20.2 Å². The summed E-state index contributed by atoms with van der Waals surface area (Å²) >= 11 is 0. The van der Waals surface area contributed by atoms with E-state index in [-0.39, 0.29) is 22.5 Å². The van der Waals surface area contributed by atoms with Gasteiger partial charge in [0.15, 0.2) is 0 Å². The first kappa shape index (κ1) is 24.9. The maximum Gasteiger partial charge on any atom is 0.295 e. The minimum absolute atomic E-state index is 0.0357. The predicted octanol–water partition coefficient (Wildman–Crippen LogP) is 2.21. The molecule has 0 radical (unpaired) electrons. The Morgan fingerprint density at radius 2 is 1.30 bits per heavy atom. The number of hydrogen-bond acceptors (Lipinski definition) is 7. The lowest BCUT2D eigenvalue weighted by molar-refractivity contribution is -0.114. The summed E-state index contributed by atoms with van der Waals surface area (Å²) in [6, 6.07) is 7.13. The summed E-state index contributed by atoms with van der Waals surface area (Å²) in [5.74, 6) is -0.463. The van der Waals surface area contributed by atoms with Crippen LogP contribution in [0.3, 0.4) is 0 Å². The number of rotatable bonds is 8. The number of nitrogens with one attached hydrogen (secondary N) is 2. The minimum atomic E-state index is -4.78. The molecule has 0 aliphatic heterocycles. The van der Waals surface area contributed by atoms with Crippen LogP contribution in [0.5, 0.6) is 0 Å². The zero-order chi connectivity index (χ0) is 24.6. The van der Waals surface area contributed by atoms with Crippen molar-refractivity contribution in [3.8, 4) is 0 Å². The molecule has 0 bridgehead atoms. The quantitative estimate of drug-likeness (QED) is 0.302. The molecule has 3 rings (SSSR count). The van der Waals surface area contributed by atoms with Crippen molar-refractivity contribution in [3.63, 3.8) is 0 Å². The van der Waals surface area contributed by atoms with Gasteiger partial charge in [-0.05, 0) is 48.2 Å². The molecule has 1 aliphatic carbocycles. The van der Waals surface area contributed by atoms with Gasteiger partial charge in [-0.2, -0.15) is 16.8 Å². The molecule has 1 fully saturated rings. The molecule has 1 saturated carbocycles. The largest absolute Gasteiger partial charge is 0.326 e. The Labute approximate surface area is 191 Å². The highest BCUT2D eigenvalue weighted by Gasteiger charge is 2.35. The second-order valence-electron chi connectivity index (χ2n) is 7.32. The fourth-order valence-electron chi connectivity index (χ4n) is 2.94. The fourth-order valence-corrected chi connectivity index (χ4v) is 5.74. The topological polar surface area (TPSA) is 184 Å². The molecule has 1 aliphatic rings. The molecular formula is C19H20N2O9S3. The zero-order valence-corrected chi connectivity index (χ0v) is 19.5. The molecule has 4 N–H and O–H groups in total. The average molecular weight is 517 g/mol. The Kier molecular flexibility index (Phi) is 6.68. The van der Waals surface area contributed by atoms with Gasteiger partial charge in [-0.1, -0.05) is 24.3 Å². The van der Waals surface area contributed by atoms with Crippen molar-refractivity contribution in [2.24, 2.45) is 0 Å². The minimum Gasteiger partial charge on any atom is -0.326 e. The van der Waals surface area contributed by atoms with E-state index < -0.39 is 51.2 Å². The van der Waals surface area contributed by atoms with E-state index in [9.17, 15) is 39.2 Å². The van der Waals surface area contributed by atoms with Gasteiger partial charge >= 0.3 is 0 Å². The van der Waals surface area contributed by atoms with E-state index in [2.05, 4.69) is 10.0 Å². The van der Waals surface area contributed by atoms with E-state index in [0.717, 1.165) is 12.1 Å². The average Bonchev–Trinajstić information content (AvgIpc) is 3.51. The summed E-state index contributed by atoms with van der Waals surface area (Å²) in [7, 11) is -13.2. The van der Waals surface area contributed by atoms with Crippen molar-refractivity contribution in [2.45, 2.75) is 34.8 Å². The van der Waals surface area contributed by atoms with E-state index in [0.29, 0.717) is 12.8 Å². The maximum absolute atomic E-state index is 12.1. The number of hydrogen-bond donors (Lipinski definition) is 4. The summed E-state index contributed by atoms with van der Waals surface area (Å²) in [5.41, 5.74) is -0.0614.